The minimum Gasteiger partial charge on any atom is -0.493 e. The molecule has 0 saturated carbocycles. The van der Waals surface area contributed by atoms with Gasteiger partial charge in [-0.2, -0.15) is 0 Å². The highest BCUT2D eigenvalue weighted by Crippen LogP contribution is 2.35. The number of fused-ring (bicyclic) bond motifs is 1. The standard InChI is InChI=1S/C27H34N2O3/c1-4-5-8-15-29-19-23(22-9-6-7-10-24(22)29)20-13-16-28(17-14-20)27(30)21-11-12-25(31-2)26(18-21)32-3/h6-7,9-12,18-20H,4-5,8,13-17H2,1-3H3. The molecule has 1 aliphatic rings. The molecular formula is C27H34N2O3. The van der Waals surface area contributed by atoms with Gasteiger partial charge in [0.05, 0.1) is 14.2 Å². The van der Waals surface area contributed by atoms with Crippen LogP contribution >= 0.6 is 0 Å². The molecule has 4 rings (SSSR count). The highest BCUT2D eigenvalue weighted by Gasteiger charge is 2.27. The Bertz CT molecular complexity index is 1060. The van der Waals surface area contributed by atoms with Crippen LogP contribution in [0.2, 0.25) is 0 Å². The molecule has 0 N–H and O–H groups in total. The molecule has 0 unspecified atom stereocenters. The lowest BCUT2D eigenvalue weighted by Crippen LogP contribution is -2.37. The molecule has 3 aromatic rings. The molecule has 5 heteroatoms. The lowest BCUT2D eigenvalue weighted by molar-refractivity contribution is 0.0713. The van der Waals surface area contributed by atoms with Gasteiger partial charge in [-0.1, -0.05) is 38.0 Å². The van der Waals surface area contributed by atoms with Crippen LogP contribution in [0.4, 0.5) is 0 Å². The van der Waals surface area contributed by atoms with Gasteiger partial charge in [0.25, 0.3) is 5.91 Å². The Hall–Kier alpha value is -2.95. The summed E-state index contributed by atoms with van der Waals surface area (Å²) in [7, 11) is 3.20. The van der Waals surface area contributed by atoms with E-state index in [-0.39, 0.29) is 5.91 Å². The quantitative estimate of drug-likeness (QED) is 0.417. The molecule has 2 heterocycles. The molecule has 0 atom stereocenters. The summed E-state index contributed by atoms with van der Waals surface area (Å²) in [6.07, 6.45) is 8.06. The Morgan fingerprint density at radius 2 is 1.75 bits per heavy atom. The molecule has 0 bridgehead atoms. The van der Waals surface area contributed by atoms with E-state index in [1.54, 1.807) is 26.4 Å². The summed E-state index contributed by atoms with van der Waals surface area (Å²) < 4.78 is 13.1. The number of unbranched alkanes of at least 4 members (excludes halogenated alkanes) is 2. The molecule has 32 heavy (non-hydrogen) atoms. The molecule has 0 radical (unpaired) electrons. The van der Waals surface area contributed by atoms with E-state index in [4.69, 9.17) is 9.47 Å². The maximum atomic E-state index is 13.1. The van der Waals surface area contributed by atoms with Crippen molar-refractivity contribution in [2.24, 2.45) is 0 Å². The van der Waals surface area contributed by atoms with Crippen molar-refractivity contribution in [1.29, 1.82) is 0 Å². The number of hydrogen-bond acceptors (Lipinski definition) is 3. The van der Waals surface area contributed by atoms with Crippen molar-refractivity contribution in [2.75, 3.05) is 27.3 Å². The molecule has 1 saturated heterocycles. The van der Waals surface area contributed by atoms with Crippen molar-refractivity contribution in [3.8, 4) is 11.5 Å². The first-order valence-electron chi connectivity index (χ1n) is 11.7. The van der Waals surface area contributed by atoms with Crippen molar-refractivity contribution in [3.05, 3.63) is 59.8 Å². The minimum atomic E-state index is 0.0615. The molecular weight excluding hydrogens is 400 g/mol. The second-order valence-corrected chi connectivity index (χ2v) is 8.64. The Kier molecular flexibility index (Phi) is 7.03. The second kappa shape index (κ2) is 10.1. The molecule has 1 aromatic heterocycles. The van der Waals surface area contributed by atoms with Crippen LogP contribution in [0.1, 0.15) is 60.9 Å². The monoisotopic (exact) mass is 434 g/mol. The van der Waals surface area contributed by atoms with Gasteiger partial charge in [0, 0.05) is 42.3 Å². The number of carbonyl (C=O) groups is 1. The highest BCUT2D eigenvalue weighted by atomic mass is 16.5. The van der Waals surface area contributed by atoms with E-state index in [1.165, 1.54) is 35.7 Å². The molecule has 1 amide bonds. The fourth-order valence-electron chi connectivity index (χ4n) is 4.86. The predicted octanol–water partition coefficient (Wildman–Crippen LogP) is 5.87. The number of aryl methyl sites for hydroxylation is 1. The largest absolute Gasteiger partial charge is 0.493 e. The first-order valence-corrected chi connectivity index (χ1v) is 11.7. The molecule has 5 nitrogen and oxygen atoms in total. The van der Waals surface area contributed by atoms with Gasteiger partial charge < -0.3 is 18.9 Å². The molecule has 0 spiro atoms. The van der Waals surface area contributed by atoms with Crippen molar-refractivity contribution >= 4 is 16.8 Å². The summed E-state index contributed by atoms with van der Waals surface area (Å²) in [6.45, 7) is 4.86. The van der Waals surface area contributed by atoms with Crippen molar-refractivity contribution in [1.82, 2.24) is 9.47 Å². The van der Waals surface area contributed by atoms with E-state index in [2.05, 4.69) is 42.0 Å². The summed E-state index contributed by atoms with van der Waals surface area (Å²) in [5, 5.41) is 1.37. The number of methoxy groups -OCH3 is 2. The predicted molar refractivity (Wildman–Crippen MR) is 129 cm³/mol. The van der Waals surface area contributed by atoms with Crippen LogP contribution in [-0.2, 0) is 6.54 Å². The lowest BCUT2D eigenvalue weighted by Gasteiger charge is -2.32. The Balaban J connectivity index is 1.47. The highest BCUT2D eigenvalue weighted by molar-refractivity contribution is 5.95. The second-order valence-electron chi connectivity index (χ2n) is 8.64. The number of aromatic nitrogens is 1. The van der Waals surface area contributed by atoms with Crippen molar-refractivity contribution in [2.45, 2.75) is 51.5 Å². The molecule has 2 aromatic carbocycles. The van der Waals surface area contributed by atoms with Gasteiger partial charge in [-0.05, 0) is 55.0 Å². The summed E-state index contributed by atoms with van der Waals surface area (Å²) in [5.41, 5.74) is 3.42. The van der Waals surface area contributed by atoms with Gasteiger partial charge in [-0.25, -0.2) is 0 Å². The Morgan fingerprint density at radius 1 is 1.00 bits per heavy atom. The minimum absolute atomic E-state index is 0.0615. The Morgan fingerprint density at radius 3 is 2.47 bits per heavy atom. The maximum absolute atomic E-state index is 13.1. The van der Waals surface area contributed by atoms with E-state index < -0.39 is 0 Å². The fraction of sp³-hybridized carbons (Fsp3) is 0.444. The summed E-state index contributed by atoms with van der Waals surface area (Å²) in [4.78, 5) is 15.1. The third-order valence-corrected chi connectivity index (χ3v) is 6.67. The third kappa shape index (κ3) is 4.47. The topological polar surface area (TPSA) is 43.7 Å². The van der Waals surface area contributed by atoms with Crippen LogP contribution < -0.4 is 9.47 Å². The number of carbonyl (C=O) groups excluding carboxylic acids is 1. The average Bonchev–Trinajstić information content (AvgIpc) is 3.22. The van der Waals surface area contributed by atoms with Gasteiger partial charge in [0.1, 0.15) is 0 Å². The lowest BCUT2D eigenvalue weighted by atomic mass is 9.89. The van der Waals surface area contributed by atoms with Crippen molar-refractivity contribution < 1.29 is 14.3 Å². The normalized spacial score (nSPS) is 14.7. The first kappa shape index (κ1) is 22.3. The number of benzene rings is 2. The molecule has 0 aliphatic carbocycles. The zero-order chi connectivity index (χ0) is 22.5. The number of likely N-dealkylation sites (tertiary alicyclic amines) is 1. The number of para-hydroxylation sites is 1. The zero-order valence-corrected chi connectivity index (χ0v) is 19.5. The number of amides is 1. The number of rotatable bonds is 8. The van der Waals surface area contributed by atoms with Crippen LogP contribution in [0.15, 0.2) is 48.7 Å². The van der Waals surface area contributed by atoms with Gasteiger partial charge in [0.2, 0.25) is 0 Å². The fourth-order valence-corrected chi connectivity index (χ4v) is 4.86. The zero-order valence-electron chi connectivity index (χ0n) is 19.5. The molecule has 1 aliphatic heterocycles. The van der Waals surface area contributed by atoms with Gasteiger partial charge in [-0.3, -0.25) is 4.79 Å². The van der Waals surface area contributed by atoms with Crippen LogP contribution in [0, 0.1) is 0 Å². The van der Waals surface area contributed by atoms with E-state index in [9.17, 15) is 4.79 Å². The maximum Gasteiger partial charge on any atom is 0.253 e. The van der Waals surface area contributed by atoms with Crippen molar-refractivity contribution in [3.63, 3.8) is 0 Å². The van der Waals surface area contributed by atoms with Crippen LogP contribution in [0.3, 0.4) is 0 Å². The third-order valence-electron chi connectivity index (χ3n) is 6.67. The van der Waals surface area contributed by atoms with Gasteiger partial charge >= 0.3 is 0 Å². The Labute approximate surface area is 190 Å². The SMILES string of the molecule is CCCCCn1cc(C2CCN(C(=O)c3ccc(OC)c(OC)c3)CC2)c2ccccc21. The van der Waals surface area contributed by atoms with E-state index in [0.717, 1.165) is 32.5 Å². The van der Waals surface area contributed by atoms with E-state index in [1.807, 2.05) is 11.0 Å². The van der Waals surface area contributed by atoms with Crippen LogP contribution in [-0.4, -0.2) is 42.7 Å². The van der Waals surface area contributed by atoms with E-state index in [0.29, 0.717) is 23.0 Å². The van der Waals surface area contributed by atoms with Crippen LogP contribution in [0.25, 0.3) is 10.9 Å². The van der Waals surface area contributed by atoms with Gasteiger partial charge in [0.15, 0.2) is 11.5 Å². The summed E-state index contributed by atoms with van der Waals surface area (Å²) in [6, 6.07) is 14.1. The van der Waals surface area contributed by atoms with Crippen LogP contribution in [0.5, 0.6) is 11.5 Å². The molecule has 170 valence electrons. The summed E-state index contributed by atoms with van der Waals surface area (Å²) >= 11 is 0. The van der Waals surface area contributed by atoms with Gasteiger partial charge in [-0.15, -0.1) is 0 Å². The first-order chi connectivity index (χ1) is 15.7. The smallest absolute Gasteiger partial charge is 0.253 e. The van der Waals surface area contributed by atoms with E-state index >= 15 is 0 Å². The number of ether oxygens (including phenoxy) is 2. The number of hydrogen-bond donors (Lipinski definition) is 0. The number of nitrogens with zero attached hydrogens (tertiary/aromatic N) is 2. The summed E-state index contributed by atoms with van der Waals surface area (Å²) in [5.74, 6) is 1.77. The molecule has 1 fully saturated rings. The number of piperidine rings is 1. The average molecular weight is 435 g/mol.